The first kappa shape index (κ1) is 18.0. The first-order valence-corrected chi connectivity index (χ1v) is 9.78. The van der Waals surface area contributed by atoms with Gasteiger partial charge in [-0.2, -0.15) is 0 Å². The maximum Gasteiger partial charge on any atom is 0.0439 e. The van der Waals surface area contributed by atoms with Crippen molar-refractivity contribution in [2.75, 3.05) is 11.4 Å². The third kappa shape index (κ3) is 3.34. The van der Waals surface area contributed by atoms with Crippen LogP contribution in [0, 0.1) is 0 Å². The Bertz CT molecular complexity index is 690. The minimum absolute atomic E-state index is 0.221. The summed E-state index contributed by atoms with van der Waals surface area (Å²) < 4.78 is 0. The van der Waals surface area contributed by atoms with E-state index < -0.39 is 0 Å². The topological polar surface area (TPSA) is 3.24 Å². The van der Waals surface area contributed by atoms with E-state index in [0.717, 1.165) is 6.54 Å². The Labute approximate surface area is 154 Å². The van der Waals surface area contributed by atoms with Crippen molar-refractivity contribution < 1.29 is 0 Å². The second-order valence-electron chi connectivity index (χ2n) is 8.70. The summed E-state index contributed by atoms with van der Waals surface area (Å²) in [7, 11) is 0. The highest BCUT2D eigenvalue weighted by molar-refractivity contribution is 5.64. The SMILES string of the molecule is CC(C)c1cccc(C(C)C)c1N1CC(C)(c2ccccc2)CC1C. The van der Waals surface area contributed by atoms with E-state index in [-0.39, 0.29) is 5.41 Å². The molecule has 1 heterocycles. The van der Waals surface area contributed by atoms with Crippen molar-refractivity contribution in [1.29, 1.82) is 0 Å². The molecule has 1 saturated heterocycles. The van der Waals surface area contributed by atoms with Gasteiger partial charge in [0, 0.05) is 23.7 Å². The third-order valence-electron chi connectivity index (χ3n) is 5.90. The lowest BCUT2D eigenvalue weighted by Crippen LogP contribution is -2.32. The molecule has 0 aliphatic carbocycles. The van der Waals surface area contributed by atoms with Crippen molar-refractivity contribution in [2.24, 2.45) is 0 Å². The number of benzene rings is 2. The van der Waals surface area contributed by atoms with Crippen molar-refractivity contribution in [3.8, 4) is 0 Å². The predicted octanol–water partition coefficient (Wildman–Crippen LogP) is 6.49. The molecule has 1 heteroatoms. The summed E-state index contributed by atoms with van der Waals surface area (Å²) in [6, 6.07) is 18.5. The van der Waals surface area contributed by atoms with Crippen LogP contribution >= 0.6 is 0 Å². The molecule has 0 N–H and O–H groups in total. The monoisotopic (exact) mass is 335 g/mol. The van der Waals surface area contributed by atoms with Gasteiger partial charge in [-0.3, -0.25) is 0 Å². The lowest BCUT2D eigenvalue weighted by atomic mass is 9.81. The maximum absolute atomic E-state index is 2.69. The highest BCUT2D eigenvalue weighted by atomic mass is 15.2. The van der Waals surface area contributed by atoms with Gasteiger partial charge in [-0.05, 0) is 41.9 Å². The average Bonchev–Trinajstić information content (AvgIpc) is 2.90. The zero-order valence-electron chi connectivity index (χ0n) is 16.7. The molecule has 134 valence electrons. The number of anilines is 1. The smallest absolute Gasteiger partial charge is 0.0439 e. The Hall–Kier alpha value is -1.76. The van der Waals surface area contributed by atoms with E-state index in [2.05, 4.69) is 95.0 Å². The fourth-order valence-electron chi connectivity index (χ4n) is 4.55. The van der Waals surface area contributed by atoms with Gasteiger partial charge in [-0.15, -0.1) is 0 Å². The van der Waals surface area contributed by atoms with E-state index in [1.165, 1.54) is 28.8 Å². The summed E-state index contributed by atoms with van der Waals surface area (Å²) in [5.41, 5.74) is 6.18. The molecule has 0 aromatic heterocycles. The van der Waals surface area contributed by atoms with E-state index in [0.29, 0.717) is 17.9 Å². The van der Waals surface area contributed by atoms with Crippen LogP contribution in [0.5, 0.6) is 0 Å². The molecule has 3 rings (SSSR count). The molecule has 0 saturated carbocycles. The van der Waals surface area contributed by atoms with Gasteiger partial charge in [0.2, 0.25) is 0 Å². The Morgan fingerprint density at radius 2 is 1.44 bits per heavy atom. The molecule has 2 atom stereocenters. The van der Waals surface area contributed by atoms with Gasteiger partial charge in [-0.1, -0.05) is 83.1 Å². The van der Waals surface area contributed by atoms with Gasteiger partial charge in [0.15, 0.2) is 0 Å². The van der Waals surface area contributed by atoms with Crippen molar-refractivity contribution in [2.45, 2.75) is 71.3 Å². The van der Waals surface area contributed by atoms with Crippen LogP contribution < -0.4 is 4.90 Å². The minimum atomic E-state index is 0.221. The van der Waals surface area contributed by atoms with Crippen LogP contribution in [0.15, 0.2) is 48.5 Å². The highest BCUT2D eigenvalue weighted by Crippen LogP contribution is 2.44. The Morgan fingerprint density at radius 1 is 0.880 bits per heavy atom. The molecule has 0 spiro atoms. The van der Waals surface area contributed by atoms with E-state index in [1.54, 1.807) is 0 Å². The van der Waals surface area contributed by atoms with Crippen LogP contribution in [0.25, 0.3) is 0 Å². The number of para-hydroxylation sites is 1. The molecule has 1 aliphatic heterocycles. The minimum Gasteiger partial charge on any atom is -0.367 e. The second-order valence-corrected chi connectivity index (χ2v) is 8.70. The number of nitrogens with zero attached hydrogens (tertiary/aromatic N) is 1. The first-order chi connectivity index (χ1) is 11.8. The standard InChI is InChI=1S/C24H33N/c1-17(2)21-13-10-14-22(18(3)4)23(21)25-16-24(6,15-19(25)5)20-11-8-7-9-12-20/h7-14,17-19H,15-16H2,1-6H3. The van der Waals surface area contributed by atoms with Gasteiger partial charge in [0.1, 0.15) is 0 Å². The molecular weight excluding hydrogens is 302 g/mol. The lowest BCUT2D eigenvalue weighted by molar-refractivity contribution is 0.513. The zero-order valence-corrected chi connectivity index (χ0v) is 16.7. The van der Waals surface area contributed by atoms with Crippen molar-refractivity contribution in [3.63, 3.8) is 0 Å². The van der Waals surface area contributed by atoms with E-state index in [9.17, 15) is 0 Å². The van der Waals surface area contributed by atoms with Gasteiger partial charge in [-0.25, -0.2) is 0 Å². The van der Waals surface area contributed by atoms with Gasteiger partial charge >= 0.3 is 0 Å². The molecule has 2 unspecified atom stereocenters. The predicted molar refractivity (Wildman–Crippen MR) is 110 cm³/mol. The van der Waals surface area contributed by atoms with Crippen LogP contribution in [0.1, 0.15) is 76.5 Å². The van der Waals surface area contributed by atoms with Crippen LogP contribution in [0.3, 0.4) is 0 Å². The number of rotatable bonds is 4. The first-order valence-electron chi connectivity index (χ1n) is 9.78. The molecule has 25 heavy (non-hydrogen) atoms. The second kappa shape index (κ2) is 6.86. The van der Waals surface area contributed by atoms with E-state index in [1.807, 2.05) is 0 Å². The Balaban J connectivity index is 2.06. The molecule has 1 nitrogen and oxygen atoms in total. The van der Waals surface area contributed by atoms with Crippen molar-refractivity contribution >= 4 is 5.69 Å². The third-order valence-corrected chi connectivity index (χ3v) is 5.90. The molecule has 2 aromatic carbocycles. The van der Waals surface area contributed by atoms with Crippen LogP contribution in [-0.4, -0.2) is 12.6 Å². The van der Waals surface area contributed by atoms with Crippen LogP contribution in [-0.2, 0) is 5.41 Å². The van der Waals surface area contributed by atoms with E-state index in [4.69, 9.17) is 0 Å². The lowest BCUT2D eigenvalue weighted by Gasteiger charge is -2.32. The summed E-state index contributed by atoms with van der Waals surface area (Å²) in [5.74, 6) is 1.09. The molecule has 2 aromatic rings. The quantitative estimate of drug-likeness (QED) is 0.617. The van der Waals surface area contributed by atoms with Gasteiger partial charge < -0.3 is 4.90 Å². The molecule has 1 aliphatic rings. The summed E-state index contributed by atoms with van der Waals surface area (Å²) >= 11 is 0. The Morgan fingerprint density at radius 3 is 1.96 bits per heavy atom. The molecule has 1 fully saturated rings. The number of hydrogen-bond donors (Lipinski definition) is 0. The Kier molecular flexibility index (Phi) is 4.95. The van der Waals surface area contributed by atoms with E-state index >= 15 is 0 Å². The number of hydrogen-bond acceptors (Lipinski definition) is 1. The van der Waals surface area contributed by atoms with Crippen LogP contribution in [0.4, 0.5) is 5.69 Å². The summed E-state index contributed by atoms with van der Waals surface area (Å²) in [6.45, 7) is 15.2. The highest BCUT2D eigenvalue weighted by Gasteiger charge is 2.41. The molecule has 0 radical (unpaired) electrons. The summed E-state index contributed by atoms with van der Waals surface area (Å²) in [4.78, 5) is 2.69. The summed E-state index contributed by atoms with van der Waals surface area (Å²) in [6.07, 6.45) is 1.21. The zero-order chi connectivity index (χ0) is 18.2. The fraction of sp³-hybridized carbons (Fsp3) is 0.500. The van der Waals surface area contributed by atoms with Crippen molar-refractivity contribution in [3.05, 3.63) is 65.2 Å². The van der Waals surface area contributed by atoms with Gasteiger partial charge in [0.25, 0.3) is 0 Å². The molecule has 0 amide bonds. The summed E-state index contributed by atoms with van der Waals surface area (Å²) in [5, 5.41) is 0. The maximum atomic E-state index is 2.69. The fourth-order valence-corrected chi connectivity index (χ4v) is 4.55. The average molecular weight is 336 g/mol. The largest absolute Gasteiger partial charge is 0.367 e. The van der Waals surface area contributed by atoms with Crippen molar-refractivity contribution in [1.82, 2.24) is 0 Å². The molecular formula is C24H33N. The van der Waals surface area contributed by atoms with Crippen LogP contribution in [0.2, 0.25) is 0 Å². The molecule has 0 bridgehead atoms. The normalized spacial score (nSPS) is 23.7. The van der Waals surface area contributed by atoms with Gasteiger partial charge in [0.05, 0.1) is 0 Å².